The number of rotatable bonds is 7. The van der Waals surface area contributed by atoms with E-state index in [-0.39, 0.29) is 0 Å². The van der Waals surface area contributed by atoms with Crippen molar-refractivity contribution in [3.8, 4) is 5.75 Å². The van der Waals surface area contributed by atoms with Gasteiger partial charge in [-0.05, 0) is 35.4 Å². The van der Waals surface area contributed by atoms with E-state index in [0.29, 0.717) is 29.8 Å². The molecule has 0 aromatic heterocycles. The molecule has 134 valence electrons. The monoisotopic (exact) mass is 367 g/mol. The number of hydrogen-bond donors (Lipinski definition) is 2. The van der Waals surface area contributed by atoms with Crippen LogP contribution in [0.3, 0.4) is 0 Å². The van der Waals surface area contributed by atoms with Gasteiger partial charge >= 0.3 is 0 Å². The Balaban J connectivity index is 1.85. The largest absolute Gasteiger partial charge is 0.488 e. The van der Waals surface area contributed by atoms with Crippen LogP contribution in [0.2, 0.25) is 5.02 Å². The first-order chi connectivity index (χ1) is 12.1. The number of hydrogen-bond acceptors (Lipinski definition) is 2. The molecule has 0 spiro atoms. The van der Waals surface area contributed by atoms with Gasteiger partial charge in [0.2, 0.25) is 0 Å². The maximum atomic E-state index is 12.2. The number of ether oxygens (including phenoxy) is 1. The third-order valence-corrected chi connectivity index (χ3v) is 3.54. The summed E-state index contributed by atoms with van der Waals surface area (Å²) < 4.78 is 29.4. The summed E-state index contributed by atoms with van der Waals surface area (Å²) in [6.07, 6.45) is -2.49. The van der Waals surface area contributed by atoms with Gasteiger partial charge in [-0.1, -0.05) is 35.9 Å². The first-order valence-corrected chi connectivity index (χ1v) is 8.13. The van der Waals surface area contributed by atoms with Gasteiger partial charge in [0.15, 0.2) is 5.96 Å². The molecule has 7 heteroatoms. The third kappa shape index (κ3) is 6.97. The van der Waals surface area contributed by atoms with Crippen LogP contribution < -0.4 is 15.4 Å². The number of alkyl halides is 2. The van der Waals surface area contributed by atoms with Crippen LogP contribution >= 0.6 is 11.6 Å². The molecule has 0 aliphatic carbocycles. The number of halogens is 3. The van der Waals surface area contributed by atoms with E-state index in [1.54, 1.807) is 25.2 Å². The molecule has 0 aliphatic heterocycles. The van der Waals surface area contributed by atoms with E-state index in [9.17, 15) is 8.78 Å². The fourth-order valence-electron chi connectivity index (χ4n) is 2.14. The van der Waals surface area contributed by atoms with E-state index in [4.69, 9.17) is 16.3 Å². The molecule has 0 amide bonds. The van der Waals surface area contributed by atoms with Crippen molar-refractivity contribution in [3.63, 3.8) is 0 Å². The van der Waals surface area contributed by atoms with Gasteiger partial charge in [0.25, 0.3) is 6.43 Å². The fraction of sp³-hybridized carbons (Fsp3) is 0.278. The zero-order valence-electron chi connectivity index (χ0n) is 13.8. The number of aliphatic imine (C=N–C) groups is 1. The van der Waals surface area contributed by atoms with Crippen molar-refractivity contribution in [1.82, 2.24) is 10.6 Å². The molecule has 2 N–H and O–H groups in total. The van der Waals surface area contributed by atoms with Gasteiger partial charge in [0, 0.05) is 25.2 Å². The SMILES string of the molecule is CN=C(NCc1cccc(Cl)c1)NCc1cccc(OCC(F)F)c1. The Morgan fingerprint density at radius 3 is 2.32 bits per heavy atom. The standard InChI is InChI=1S/C18H20ClF2N3O/c1-22-18(23-10-13-4-2-6-15(19)8-13)24-11-14-5-3-7-16(9-14)25-12-17(20)21/h2-9,17H,10-12H2,1H3,(H2,22,23,24). The molecule has 0 fully saturated rings. The highest BCUT2D eigenvalue weighted by atomic mass is 35.5. The predicted octanol–water partition coefficient (Wildman–Crippen LogP) is 3.85. The molecular formula is C18H20ClF2N3O. The summed E-state index contributed by atoms with van der Waals surface area (Å²) in [7, 11) is 1.68. The summed E-state index contributed by atoms with van der Waals surface area (Å²) in [6.45, 7) is 0.457. The molecule has 4 nitrogen and oxygen atoms in total. The predicted molar refractivity (Wildman–Crippen MR) is 96.4 cm³/mol. The summed E-state index contributed by atoms with van der Waals surface area (Å²) in [5.74, 6) is 1.04. The fourth-order valence-corrected chi connectivity index (χ4v) is 2.36. The van der Waals surface area contributed by atoms with E-state index in [2.05, 4.69) is 15.6 Å². The molecule has 0 aliphatic rings. The van der Waals surface area contributed by atoms with Gasteiger partial charge in [0.1, 0.15) is 12.4 Å². The Morgan fingerprint density at radius 2 is 1.72 bits per heavy atom. The van der Waals surface area contributed by atoms with E-state index in [1.807, 2.05) is 30.3 Å². The Bertz CT molecular complexity index is 710. The molecule has 25 heavy (non-hydrogen) atoms. The van der Waals surface area contributed by atoms with Crippen LogP contribution in [0, 0.1) is 0 Å². The van der Waals surface area contributed by atoms with Gasteiger partial charge < -0.3 is 15.4 Å². The zero-order chi connectivity index (χ0) is 18.1. The maximum Gasteiger partial charge on any atom is 0.272 e. The van der Waals surface area contributed by atoms with Crippen molar-refractivity contribution >= 4 is 17.6 Å². The first kappa shape index (κ1) is 19.0. The maximum absolute atomic E-state index is 12.2. The van der Waals surface area contributed by atoms with Gasteiger partial charge in [-0.15, -0.1) is 0 Å². The summed E-state index contributed by atoms with van der Waals surface area (Å²) in [4.78, 5) is 4.15. The second-order valence-corrected chi connectivity index (χ2v) is 5.70. The lowest BCUT2D eigenvalue weighted by Gasteiger charge is -2.13. The summed E-state index contributed by atoms with van der Waals surface area (Å²) >= 11 is 5.96. The highest BCUT2D eigenvalue weighted by molar-refractivity contribution is 6.30. The van der Waals surface area contributed by atoms with Crippen LogP contribution in [0.15, 0.2) is 53.5 Å². The van der Waals surface area contributed by atoms with Crippen molar-refractivity contribution in [2.45, 2.75) is 19.5 Å². The minimum absolute atomic E-state index is 0.418. The number of guanidine groups is 1. The van der Waals surface area contributed by atoms with Crippen LogP contribution in [-0.4, -0.2) is 26.0 Å². The van der Waals surface area contributed by atoms with Crippen molar-refractivity contribution in [3.05, 3.63) is 64.7 Å². The molecule has 2 aromatic rings. The molecule has 0 heterocycles. The Kier molecular flexibility index (Phi) is 7.47. The summed E-state index contributed by atoms with van der Waals surface area (Å²) in [5, 5.41) is 7.04. The molecule has 0 radical (unpaired) electrons. The lowest BCUT2D eigenvalue weighted by atomic mass is 10.2. The molecule has 2 rings (SSSR count). The molecule has 0 bridgehead atoms. The van der Waals surface area contributed by atoms with Gasteiger partial charge in [-0.2, -0.15) is 0 Å². The number of nitrogens with zero attached hydrogens (tertiary/aromatic N) is 1. The van der Waals surface area contributed by atoms with Crippen LogP contribution in [0.1, 0.15) is 11.1 Å². The van der Waals surface area contributed by atoms with Crippen LogP contribution in [0.4, 0.5) is 8.78 Å². The highest BCUT2D eigenvalue weighted by Gasteiger charge is 2.05. The topological polar surface area (TPSA) is 45.7 Å². The van der Waals surface area contributed by atoms with Crippen molar-refractivity contribution in [2.75, 3.05) is 13.7 Å². The molecule has 0 unspecified atom stereocenters. The number of benzene rings is 2. The van der Waals surface area contributed by atoms with Gasteiger partial charge in [-0.25, -0.2) is 8.78 Å². The average Bonchev–Trinajstić information content (AvgIpc) is 2.60. The number of nitrogens with one attached hydrogen (secondary N) is 2. The smallest absolute Gasteiger partial charge is 0.272 e. The minimum atomic E-state index is -2.49. The normalized spacial score (nSPS) is 11.5. The third-order valence-electron chi connectivity index (χ3n) is 3.31. The van der Waals surface area contributed by atoms with Crippen molar-refractivity contribution in [1.29, 1.82) is 0 Å². The van der Waals surface area contributed by atoms with Crippen molar-refractivity contribution in [2.24, 2.45) is 4.99 Å². The second-order valence-electron chi connectivity index (χ2n) is 5.26. The molecule has 0 saturated heterocycles. The molecular weight excluding hydrogens is 348 g/mol. The Labute approximate surface area is 150 Å². The molecule has 2 aromatic carbocycles. The quantitative estimate of drug-likeness (QED) is 0.577. The van der Waals surface area contributed by atoms with E-state index in [1.165, 1.54) is 0 Å². The lowest BCUT2D eigenvalue weighted by Crippen LogP contribution is -2.36. The summed E-state index contributed by atoms with van der Waals surface area (Å²) in [5.41, 5.74) is 1.94. The Morgan fingerprint density at radius 1 is 1.08 bits per heavy atom. The van der Waals surface area contributed by atoms with E-state index >= 15 is 0 Å². The molecule has 0 atom stereocenters. The van der Waals surface area contributed by atoms with Gasteiger partial charge in [-0.3, -0.25) is 4.99 Å². The zero-order valence-corrected chi connectivity index (χ0v) is 14.6. The molecule has 0 saturated carbocycles. The summed E-state index contributed by atoms with van der Waals surface area (Å²) in [6, 6.07) is 14.6. The lowest BCUT2D eigenvalue weighted by molar-refractivity contribution is 0.0818. The Hall–Kier alpha value is -2.34. The van der Waals surface area contributed by atoms with E-state index < -0.39 is 13.0 Å². The second kappa shape index (κ2) is 9.84. The van der Waals surface area contributed by atoms with Crippen LogP contribution in [-0.2, 0) is 13.1 Å². The van der Waals surface area contributed by atoms with Crippen molar-refractivity contribution < 1.29 is 13.5 Å². The van der Waals surface area contributed by atoms with E-state index in [0.717, 1.165) is 11.1 Å². The first-order valence-electron chi connectivity index (χ1n) is 7.75. The van der Waals surface area contributed by atoms with Crippen LogP contribution in [0.5, 0.6) is 5.75 Å². The minimum Gasteiger partial charge on any atom is -0.488 e. The van der Waals surface area contributed by atoms with Crippen LogP contribution in [0.25, 0.3) is 0 Å². The van der Waals surface area contributed by atoms with Gasteiger partial charge in [0.05, 0.1) is 0 Å². The average molecular weight is 368 g/mol. The highest BCUT2D eigenvalue weighted by Crippen LogP contribution is 2.14.